The van der Waals surface area contributed by atoms with E-state index in [1.807, 2.05) is 24.3 Å². The summed E-state index contributed by atoms with van der Waals surface area (Å²) in [5, 5.41) is 1.17. The fourth-order valence-corrected chi connectivity index (χ4v) is 3.23. The largest absolute Gasteiger partial charge is 0.191 e. The van der Waals surface area contributed by atoms with E-state index in [0.717, 1.165) is 22.3 Å². The maximum Gasteiger partial charge on any atom is 0.113 e. The number of benzene rings is 2. The van der Waals surface area contributed by atoms with Gasteiger partial charge < -0.3 is 0 Å². The zero-order chi connectivity index (χ0) is 11.9. The number of rotatable bonds is 1. The van der Waals surface area contributed by atoms with Crippen LogP contribution in [0.25, 0.3) is 32.4 Å². The van der Waals surface area contributed by atoms with Gasteiger partial charge in [-0.3, -0.25) is 0 Å². The van der Waals surface area contributed by atoms with Crippen molar-refractivity contribution < 1.29 is 0 Å². The van der Waals surface area contributed by atoms with Crippen molar-refractivity contribution in [2.24, 2.45) is 0 Å². The van der Waals surface area contributed by atoms with Gasteiger partial charge >= 0.3 is 0 Å². The lowest BCUT2D eigenvalue weighted by atomic mass is 10.1. The number of hydrogen-bond donors (Lipinski definition) is 0. The van der Waals surface area contributed by atoms with E-state index in [-0.39, 0.29) is 0 Å². The van der Waals surface area contributed by atoms with Gasteiger partial charge in [0.15, 0.2) is 0 Å². The summed E-state index contributed by atoms with van der Waals surface area (Å²) in [5.74, 6) is 0. The summed E-state index contributed by atoms with van der Waals surface area (Å²) in [6.45, 7) is 0. The molecule has 0 aliphatic carbocycles. The minimum atomic E-state index is 0.814. The highest BCUT2D eigenvalue weighted by Crippen LogP contribution is 2.31. The summed E-state index contributed by atoms with van der Waals surface area (Å²) in [7, 11) is 0. The summed E-state index contributed by atoms with van der Waals surface area (Å²) in [6.07, 6.45) is 0. The number of nitrogens with zero attached hydrogens (tertiary/aromatic N) is 3. The first kappa shape index (κ1) is 10.1. The minimum Gasteiger partial charge on any atom is -0.191 e. The average Bonchev–Trinajstić information content (AvgIpc) is 3.04. The van der Waals surface area contributed by atoms with Crippen molar-refractivity contribution in [3.8, 4) is 11.3 Å². The Labute approximate surface area is 111 Å². The van der Waals surface area contributed by atoms with Crippen LogP contribution in [-0.2, 0) is 0 Å². The summed E-state index contributed by atoms with van der Waals surface area (Å²) in [4.78, 5) is 0. The molecule has 0 saturated carbocycles. The number of fused-ring (bicyclic) bond motifs is 2. The molecule has 4 aromatic rings. The summed E-state index contributed by atoms with van der Waals surface area (Å²) < 4.78 is 14.1. The Morgan fingerprint density at radius 2 is 1.89 bits per heavy atom. The quantitative estimate of drug-likeness (QED) is 0.527. The first-order valence-corrected chi connectivity index (χ1v) is 6.91. The fourth-order valence-electron chi connectivity index (χ4n) is 1.94. The molecular formula is C13H6N3S2. The number of hydrogen-bond acceptors (Lipinski definition) is 5. The highest BCUT2D eigenvalue weighted by molar-refractivity contribution is 7.13. The third-order valence-corrected chi connectivity index (χ3v) is 4.18. The van der Waals surface area contributed by atoms with Crippen molar-refractivity contribution in [2.45, 2.75) is 0 Å². The van der Waals surface area contributed by atoms with Gasteiger partial charge in [0.05, 0.1) is 22.1 Å². The van der Waals surface area contributed by atoms with Crippen LogP contribution in [0.4, 0.5) is 0 Å². The normalized spacial score (nSPS) is 11.3. The van der Waals surface area contributed by atoms with Crippen molar-refractivity contribution >= 4 is 44.4 Å². The topological polar surface area (TPSA) is 38.7 Å². The molecular weight excluding hydrogens is 262 g/mol. The van der Waals surface area contributed by atoms with Gasteiger partial charge in [0, 0.05) is 17.0 Å². The second-order valence-corrected chi connectivity index (χ2v) is 5.23. The summed E-state index contributed by atoms with van der Waals surface area (Å²) >= 11 is 2.73. The Hall–Kier alpha value is -1.85. The van der Waals surface area contributed by atoms with Gasteiger partial charge in [-0.1, -0.05) is 18.2 Å². The van der Waals surface area contributed by atoms with Crippen LogP contribution in [0.3, 0.4) is 0 Å². The molecule has 2 aromatic heterocycles. The monoisotopic (exact) mass is 268 g/mol. The zero-order valence-electron chi connectivity index (χ0n) is 9.12. The van der Waals surface area contributed by atoms with E-state index in [1.165, 1.54) is 33.3 Å². The second-order valence-electron chi connectivity index (χ2n) is 3.90. The highest BCUT2D eigenvalue weighted by atomic mass is 32.1. The van der Waals surface area contributed by atoms with Gasteiger partial charge in [-0.25, -0.2) is 0 Å². The molecule has 0 aliphatic rings. The molecule has 4 rings (SSSR count). The molecule has 2 heterocycles. The van der Waals surface area contributed by atoms with Crippen LogP contribution in [-0.4, -0.2) is 13.1 Å². The summed E-state index contributed by atoms with van der Waals surface area (Å²) in [5.41, 5.74) is 3.66. The standard InChI is InChI=1S/C13H6N3S2/c1-2-4-12-9(3-1)13(16-17-12)8-5-6-10-11(7-8)15-18-14-10/h1-6H. The lowest BCUT2D eigenvalue weighted by molar-refractivity contribution is 1.54. The SMILES string of the molecule is [c]1c(-c2nsc3ccccc23)ccc2nsnc12. The Bertz CT molecular complexity index is 847. The molecule has 0 fully saturated rings. The second kappa shape index (κ2) is 3.83. The molecule has 1 radical (unpaired) electrons. The molecule has 0 atom stereocenters. The third kappa shape index (κ3) is 1.45. The summed E-state index contributed by atoms with van der Waals surface area (Å²) in [6, 6.07) is 15.5. The molecule has 3 nitrogen and oxygen atoms in total. The van der Waals surface area contributed by atoms with E-state index in [4.69, 9.17) is 0 Å². The van der Waals surface area contributed by atoms with Crippen LogP contribution in [0.1, 0.15) is 0 Å². The third-order valence-electron chi connectivity index (χ3n) is 2.81. The molecule has 0 bridgehead atoms. The first-order valence-electron chi connectivity index (χ1n) is 5.41. The molecule has 0 aliphatic heterocycles. The van der Waals surface area contributed by atoms with Crippen LogP contribution in [0.2, 0.25) is 0 Å². The van der Waals surface area contributed by atoms with Gasteiger partial charge in [0.25, 0.3) is 0 Å². The van der Waals surface area contributed by atoms with E-state index >= 15 is 0 Å². The van der Waals surface area contributed by atoms with Crippen molar-refractivity contribution in [3.05, 3.63) is 42.5 Å². The van der Waals surface area contributed by atoms with Gasteiger partial charge in [-0.2, -0.15) is 13.1 Å². The smallest absolute Gasteiger partial charge is 0.113 e. The van der Waals surface area contributed by atoms with E-state index in [1.54, 1.807) is 0 Å². The van der Waals surface area contributed by atoms with Gasteiger partial charge in [0.2, 0.25) is 0 Å². The Kier molecular flexibility index (Phi) is 2.15. The van der Waals surface area contributed by atoms with Crippen molar-refractivity contribution in [2.75, 3.05) is 0 Å². The van der Waals surface area contributed by atoms with Crippen molar-refractivity contribution in [3.63, 3.8) is 0 Å². The molecule has 18 heavy (non-hydrogen) atoms. The fraction of sp³-hybridized carbons (Fsp3) is 0. The zero-order valence-corrected chi connectivity index (χ0v) is 10.8. The molecule has 0 unspecified atom stereocenters. The Morgan fingerprint density at radius 1 is 0.944 bits per heavy atom. The lowest BCUT2D eigenvalue weighted by Gasteiger charge is -1.96. The lowest BCUT2D eigenvalue weighted by Crippen LogP contribution is -1.79. The highest BCUT2D eigenvalue weighted by Gasteiger charge is 2.09. The molecule has 0 spiro atoms. The molecule has 0 amide bonds. The predicted octanol–water partition coefficient (Wildman–Crippen LogP) is 3.77. The van der Waals surface area contributed by atoms with Crippen molar-refractivity contribution in [1.82, 2.24) is 13.1 Å². The van der Waals surface area contributed by atoms with E-state index in [2.05, 4.69) is 31.3 Å². The van der Waals surface area contributed by atoms with Crippen molar-refractivity contribution in [1.29, 1.82) is 0 Å². The van der Waals surface area contributed by atoms with Crippen LogP contribution in [0.15, 0.2) is 36.4 Å². The van der Waals surface area contributed by atoms with Gasteiger partial charge in [0.1, 0.15) is 11.0 Å². The molecule has 85 valence electrons. The maximum atomic E-state index is 4.52. The van der Waals surface area contributed by atoms with Gasteiger partial charge in [-0.15, -0.1) is 0 Å². The Morgan fingerprint density at radius 3 is 2.89 bits per heavy atom. The van der Waals surface area contributed by atoms with E-state index < -0.39 is 0 Å². The maximum absolute atomic E-state index is 4.52. The van der Waals surface area contributed by atoms with Gasteiger partial charge in [-0.05, 0) is 29.7 Å². The average molecular weight is 268 g/mol. The predicted molar refractivity (Wildman–Crippen MR) is 74.9 cm³/mol. The minimum absolute atomic E-state index is 0.814. The molecule has 2 aromatic carbocycles. The van der Waals surface area contributed by atoms with Crippen LogP contribution < -0.4 is 0 Å². The molecule has 0 saturated heterocycles. The van der Waals surface area contributed by atoms with Crippen LogP contribution in [0.5, 0.6) is 0 Å². The Balaban J connectivity index is 2.00. The van der Waals surface area contributed by atoms with E-state index in [0.29, 0.717) is 0 Å². The van der Waals surface area contributed by atoms with Crippen LogP contribution >= 0.6 is 23.3 Å². The molecule has 5 heteroatoms. The van der Waals surface area contributed by atoms with E-state index in [9.17, 15) is 0 Å². The molecule has 0 N–H and O–H groups in total. The van der Waals surface area contributed by atoms with Crippen LogP contribution in [0, 0.1) is 6.07 Å². The number of aromatic nitrogens is 3. The first-order chi connectivity index (χ1) is 8.92.